The molecule has 2 unspecified atom stereocenters. The molecule has 11 rings (SSSR count). The van der Waals surface area contributed by atoms with Crippen LogP contribution in [-0.4, -0.2) is 115 Å². The van der Waals surface area contributed by atoms with Crippen LogP contribution in [0.1, 0.15) is 131 Å². The molecular formula is C54H63FN10O8S. The quantitative estimate of drug-likeness (QED) is 0.0907. The van der Waals surface area contributed by atoms with Crippen molar-refractivity contribution in [1.82, 2.24) is 49.9 Å². The van der Waals surface area contributed by atoms with Gasteiger partial charge in [0.1, 0.15) is 35.3 Å². The van der Waals surface area contributed by atoms with E-state index in [9.17, 15) is 19.2 Å². The fourth-order valence-corrected chi connectivity index (χ4v) is 12.8. The topological polar surface area (TPSA) is 211 Å². The number of aromatic amines is 2. The van der Waals surface area contributed by atoms with Gasteiger partial charge in [-0.25, -0.2) is 28.9 Å². The zero-order valence-electron chi connectivity index (χ0n) is 42.5. The van der Waals surface area contributed by atoms with E-state index in [1.54, 1.807) is 28.6 Å². The second-order valence-corrected chi connectivity index (χ2v) is 22.4. The average Bonchev–Trinajstić information content (AvgIpc) is 4.23. The summed E-state index contributed by atoms with van der Waals surface area (Å²) in [7, 11) is 2.57. The Morgan fingerprint density at radius 3 is 2.14 bits per heavy atom. The van der Waals surface area contributed by atoms with Gasteiger partial charge in [0.2, 0.25) is 18.0 Å². The molecule has 4 N–H and O–H groups in total. The number of carbonyl (C=O) groups excluding carboxylic acids is 4. The number of benzene rings is 2. The van der Waals surface area contributed by atoms with Gasteiger partial charge in [-0.05, 0) is 107 Å². The number of imidazole rings is 2. The first-order valence-electron chi connectivity index (χ1n) is 25.8. The van der Waals surface area contributed by atoms with E-state index in [0.29, 0.717) is 91.2 Å². The summed E-state index contributed by atoms with van der Waals surface area (Å²) in [4.78, 5) is 78.9. The lowest BCUT2D eigenvalue weighted by atomic mass is 9.82. The van der Waals surface area contributed by atoms with Gasteiger partial charge in [-0.3, -0.25) is 14.2 Å². The number of halogens is 1. The van der Waals surface area contributed by atoms with Gasteiger partial charge in [0.25, 0.3) is 0 Å². The smallest absolute Gasteiger partial charge is 0.407 e. The minimum Gasteiger partial charge on any atom is -0.464 e. The summed E-state index contributed by atoms with van der Waals surface area (Å²) in [5.74, 6) is 0.860. The SMILES string of the molecule is COC(=O)N[C@H](C(=O)N1CCC[C@H]1c1ncc(-c2cc(F)c3c(c2)OC(c2cnc(C4CCC4)s2)n2c-3cc3cc(-c4cnc([C@@H]5CCCN5C(=O)[C@@H](NC(=O)OC)C5CCOC(C)(C)C5)[nH]4)ccc32)[nH]1)C(C)C. The number of rotatable bonds is 12. The molecule has 4 amide bonds. The largest absolute Gasteiger partial charge is 0.464 e. The normalized spacial score (nSPS) is 22.2. The molecule has 20 heteroatoms. The van der Waals surface area contributed by atoms with Crippen molar-refractivity contribution >= 4 is 46.2 Å². The molecule has 0 radical (unpaired) electrons. The molecule has 6 atom stereocenters. The summed E-state index contributed by atoms with van der Waals surface area (Å²) in [6.07, 6.45) is 10.9. The number of hydrogen-bond donors (Lipinski definition) is 4. The number of carbonyl (C=O) groups is 4. The van der Waals surface area contributed by atoms with Crippen molar-refractivity contribution in [1.29, 1.82) is 0 Å². The Morgan fingerprint density at radius 2 is 1.49 bits per heavy atom. The maximum Gasteiger partial charge on any atom is 0.407 e. The minimum atomic E-state index is -0.777. The van der Waals surface area contributed by atoms with Gasteiger partial charge in [0.05, 0.1) is 82.3 Å². The highest BCUT2D eigenvalue weighted by molar-refractivity contribution is 7.11. The maximum atomic E-state index is 17.0. The minimum absolute atomic E-state index is 0.131. The molecule has 6 aromatic rings. The fourth-order valence-electron chi connectivity index (χ4n) is 11.7. The molecule has 4 aliphatic heterocycles. The Labute approximate surface area is 432 Å². The molecule has 390 valence electrons. The Kier molecular flexibility index (Phi) is 13.2. The predicted molar refractivity (Wildman–Crippen MR) is 274 cm³/mol. The van der Waals surface area contributed by atoms with Crippen LogP contribution in [0.15, 0.2) is 55.0 Å². The van der Waals surface area contributed by atoms with E-state index in [1.165, 1.54) is 26.7 Å². The van der Waals surface area contributed by atoms with Crippen LogP contribution in [0.4, 0.5) is 14.0 Å². The number of hydrogen-bond acceptors (Lipinski definition) is 12. The molecule has 18 nitrogen and oxygen atoms in total. The van der Waals surface area contributed by atoms with E-state index >= 15 is 4.39 Å². The first kappa shape index (κ1) is 49.4. The lowest BCUT2D eigenvalue weighted by molar-refractivity contribution is -0.139. The van der Waals surface area contributed by atoms with E-state index in [1.807, 2.05) is 63.1 Å². The molecule has 5 aliphatic rings. The van der Waals surface area contributed by atoms with E-state index in [-0.39, 0.29) is 35.7 Å². The molecular weight excluding hydrogens is 968 g/mol. The Hall–Kier alpha value is -6.80. The van der Waals surface area contributed by atoms with Crippen molar-refractivity contribution in [3.63, 3.8) is 0 Å². The molecule has 3 saturated heterocycles. The molecule has 8 heterocycles. The van der Waals surface area contributed by atoms with Gasteiger partial charge in [0.15, 0.2) is 0 Å². The molecule has 1 aliphatic carbocycles. The maximum absolute atomic E-state index is 17.0. The molecule has 4 fully saturated rings. The van der Waals surface area contributed by atoms with E-state index in [0.717, 1.165) is 57.7 Å². The van der Waals surface area contributed by atoms with Gasteiger partial charge in [-0.2, -0.15) is 0 Å². The number of nitrogens with zero attached hydrogens (tertiary/aromatic N) is 6. The summed E-state index contributed by atoms with van der Waals surface area (Å²) in [6.45, 7) is 9.28. The standard InChI is InChI=1S/C54H63FN10O8S/c1-28(2)44(61-52(68)70-5)49(66)63-17-8-12-38(63)47-57-26-36(60-47)32-21-34(55)43-40-22-33-20-30(14-15-37(33)65(40)51(73-41(43)23-32)42-27-58-48(74-42)29-10-7-11-29)35-25-56-46(59-35)39-13-9-18-64(39)50(67)45(62-53(69)71-6)31-16-19-72-54(3,4)24-31/h14-15,20-23,25-29,31,38-39,44-45,51H,7-13,16-19,24H2,1-6H3,(H,56,59)(H,57,60)(H,61,68)(H,62,69)/t31?,38-,39-,44-,45-,51?/m0/s1. The third-order valence-electron chi connectivity index (χ3n) is 15.7. The summed E-state index contributed by atoms with van der Waals surface area (Å²) in [5.41, 5.74) is 4.14. The highest BCUT2D eigenvalue weighted by Crippen LogP contribution is 2.49. The lowest BCUT2D eigenvalue weighted by Gasteiger charge is -2.40. The number of fused-ring (bicyclic) bond motifs is 5. The summed E-state index contributed by atoms with van der Waals surface area (Å²) >= 11 is 1.63. The predicted octanol–water partition coefficient (Wildman–Crippen LogP) is 9.53. The van der Waals surface area contributed by atoms with Gasteiger partial charge in [-0.15, -0.1) is 11.3 Å². The highest BCUT2D eigenvalue weighted by Gasteiger charge is 2.44. The lowest BCUT2D eigenvalue weighted by Crippen LogP contribution is -2.54. The molecule has 2 aromatic carbocycles. The van der Waals surface area contributed by atoms with Crippen LogP contribution in [0.5, 0.6) is 5.75 Å². The van der Waals surface area contributed by atoms with Crippen LogP contribution in [-0.2, 0) is 23.8 Å². The van der Waals surface area contributed by atoms with Crippen molar-refractivity contribution in [2.45, 2.75) is 127 Å². The monoisotopic (exact) mass is 1030 g/mol. The second-order valence-electron chi connectivity index (χ2n) is 21.3. The van der Waals surface area contributed by atoms with Gasteiger partial charge in [-0.1, -0.05) is 26.3 Å². The van der Waals surface area contributed by atoms with Crippen molar-refractivity contribution in [2.75, 3.05) is 33.9 Å². The number of alkyl carbamates (subject to hydrolysis) is 2. The van der Waals surface area contributed by atoms with E-state index in [2.05, 4.69) is 31.2 Å². The Bertz CT molecular complexity index is 3120. The van der Waals surface area contributed by atoms with Crippen LogP contribution >= 0.6 is 11.3 Å². The van der Waals surface area contributed by atoms with E-state index in [4.69, 9.17) is 33.9 Å². The average molecular weight is 1030 g/mol. The number of amides is 4. The zero-order valence-corrected chi connectivity index (χ0v) is 43.4. The number of likely N-dealkylation sites (tertiary alicyclic amines) is 2. The molecule has 0 spiro atoms. The number of nitrogens with one attached hydrogen (secondary N) is 4. The summed E-state index contributed by atoms with van der Waals surface area (Å²) in [6, 6.07) is 9.20. The number of ether oxygens (including phenoxy) is 4. The van der Waals surface area contributed by atoms with Crippen molar-refractivity contribution in [3.05, 3.63) is 82.3 Å². The van der Waals surface area contributed by atoms with Crippen molar-refractivity contribution in [2.24, 2.45) is 11.8 Å². The van der Waals surface area contributed by atoms with Crippen molar-refractivity contribution < 1.29 is 42.5 Å². The number of aromatic nitrogens is 6. The van der Waals surface area contributed by atoms with E-state index < -0.39 is 41.9 Å². The summed E-state index contributed by atoms with van der Waals surface area (Å²) < 4.78 is 41.7. The van der Waals surface area contributed by atoms with Crippen LogP contribution in [0.2, 0.25) is 0 Å². The second kappa shape index (κ2) is 19.8. The van der Waals surface area contributed by atoms with Crippen LogP contribution < -0.4 is 15.4 Å². The highest BCUT2D eigenvalue weighted by atomic mass is 32.1. The zero-order chi connectivity index (χ0) is 51.6. The number of thiazole rings is 1. The van der Waals surface area contributed by atoms with Gasteiger partial charge >= 0.3 is 12.2 Å². The van der Waals surface area contributed by atoms with Crippen molar-refractivity contribution in [3.8, 4) is 39.5 Å². The van der Waals surface area contributed by atoms with Gasteiger partial charge in [0, 0.05) is 48.3 Å². The number of H-pyrrole nitrogens is 2. The van der Waals surface area contributed by atoms with Crippen LogP contribution in [0.3, 0.4) is 0 Å². The Morgan fingerprint density at radius 1 is 0.811 bits per heavy atom. The summed E-state index contributed by atoms with van der Waals surface area (Å²) in [5, 5.41) is 7.50. The molecule has 1 saturated carbocycles. The van der Waals surface area contributed by atoms with Gasteiger partial charge < -0.3 is 49.3 Å². The first-order chi connectivity index (χ1) is 35.7. The molecule has 0 bridgehead atoms. The Balaban J connectivity index is 0.897. The van der Waals surface area contributed by atoms with Crippen LogP contribution in [0, 0.1) is 17.7 Å². The fraction of sp³-hybridized carbons (Fsp3) is 0.500. The third-order valence-corrected chi connectivity index (χ3v) is 16.9. The number of methoxy groups -OCH3 is 2. The third kappa shape index (κ3) is 9.17. The van der Waals surface area contributed by atoms with Crippen LogP contribution in [0.25, 0.3) is 44.7 Å². The molecule has 4 aromatic heterocycles. The first-order valence-corrected chi connectivity index (χ1v) is 26.7. The molecule has 74 heavy (non-hydrogen) atoms.